The van der Waals surface area contributed by atoms with E-state index >= 15 is 0 Å². The van der Waals surface area contributed by atoms with Crippen molar-refractivity contribution in [2.75, 3.05) is 37.8 Å². The largest absolute Gasteiger partial charge is 0.351 e. The van der Waals surface area contributed by atoms with Gasteiger partial charge >= 0.3 is 6.03 Å². The first-order chi connectivity index (χ1) is 17.2. The number of aromatic nitrogens is 2. The third-order valence-corrected chi connectivity index (χ3v) is 8.63. The molecule has 13 heteroatoms. The summed E-state index contributed by atoms with van der Waals surface area (Å²) in [6.07, 6.45) is 9.12. The lowest BCUT2D eigenvalue weighted by Crippen LogP contribution is -2.40. The number of anilines is 1. The second-order valence-corrected chi connectivity index (χ2v) is 12.1. The molecule has 11 nitrogen and oxygen atoms in total. The second kappa shape index (κ2) is 11.4. The summed E-state index contributed by atoms with van der Waals surface area (Å²) in [5.41, 5.74) is 6.35. The van der Waals surface area contributed by atoms with Gasteiger partial charge in [0.15, 0.2) is 0 Å². The molecule has 0 bridgehead atoms. The summed E-state index contributed by atoms with van der Waals surface area (Å²) < 4.78 is 26.8. The number of hydrogen-bond donors (Lipinski definition) is 4. The lowest BCUT2D eigenvalue weighted by atomic mass is 10.1. The number of primary amides is 1. The third-order valence-electron chi connectivity index (χ3n) is 6.28. The standard InChI is InChI=1S/C23H31N7O4S2/c1-36(33,34)29-10-7-18(8-11-29)30-15-16(13-26-30)5-6-19-12-20(28-23(24)32)21(35-19)22(31)27-17-4-2-3-9-25-14-17/h12-13,15,17-18,25H,2-4,7-11,14H2,1H3,(H,27,31)(H3,24,28,32)/t17-/m0/s1. The number of thiophene rings is 1. The van der Waals surface area contributed by atoms with E-state index in [1.54, 1.807) is 12.3 Å². The minimum Gasteiger partial charge on any atom is -0.351 e. The Balaban J connectivity index is 1.45. The van der Waals surface area contributed by atoms with Gasteiger partial charge in [-0.3, -0.25) is 9.48 Å². The average Bonchev–Trinajstić information content (AvgIpc) is 3.37. The molecule has 0 aliphatic carbocycles. The molecule has 4 heterocycles. The molecule has 2 aliphatic rings. The molecule has 2 saturated heterocycles. The number of carbonyl (C=O) groups excluding carboxylic acids is 2. The maximum Gasteiger partial charge on any atom is 0.316 e. The minimum absolute atomic E-state index is 0.0215. The number of carbonyl (C=O) groups is 2. The summed E-state index contributed by atoms with van der Waals surface area (Å²) in [4.78, 5) is 25.4. The van der Waals surface area contributed by atoms with Crippen molar-refractivity contribution in [2.24, 2.45) is 5.73 Å². The summed E-state index contributed by atoms with van der Waals surface area (Å²) in [6.45, 7) is 2.59. The lowest BCUT2D eigenvalue weighted by Gasteiger charge is -2.30. The van der Waals surface area contributed by atoms with Gasteiger partial charge in [-0.2, -0.15) is 5.10 Å². The van der Waals surface area contributed by atoms with Crippen LogP contribution in [0.4, 0.5) is 10.5 Å². The number of amides is 3. The van der Waals surface area contributed by atoms with Crippen molar-refractivity contribution < 1.29 is 18.0 Å². The van der Waals surface area contributed by atoms with E-state index < -0.39 is 16.1 Å². The first-order valence-electron chi connectivity index (χ1n) is 11.9. The van der Waals surface area contributed by atoms with Crippen LogP contribution in [0.1, 0.15) is 58.3 Å². The molecule has 0 spiro atoms. The van der Waals surface area contributed by atoms with E-state index in [0.29, 0.717) is 53.5 Å². The van der Waals surface area contributed by atoms with Crippen LogP contribution in [0.3, 0.4) is 0 Å². The molecule has 194 valence electrons. The molecule has 5 N–H and O–H groups in total. The number of urea groups is 1. The number of nitrogens with one attached hydrogen (secondary N) is 3. The van der Waals surface area contributed by atoms with E-state index in [1.165, 1.54) is 21.9 Å². The Bertz CT molecular complexity index is 1260. The van der Waals surface area contributed by atoms with E-state index in [-0.39, 0.29) is 18.0 Å². The third kappa shape index (κ3) is 6.85. The highest BCUT2D eigenvalue weighted by atomic mass is 32.2. The fourth-order valence-corrected chi connectivity index (χ4v) is 6.16. The van der Waals surface area contributed by atoms with Crippen molar-refractivity contribution in [3.05, 3.63) is 33.8 Å². The molecule has 3 amide bonds. The smallest absolute Gasteiger partial charge is 0.316 e. The van der Waals surface area contributed by atoms with E-state index in [1.807, 2.05) is 10.9 Å². The lowest BCUT2D eigenvalue weighted by molar-refractivity contribution is 0.0940. The highest BCUT2D eigenvalue weighted by Gasteiger charge is 2.26. The zero-order valence-corrected chi connectivity index (χ0v) is 21.8. The molecule has 0 saturated carbocycles. The van der Waals surface area contributed by atoms with Crippen LogP contribution in [0.2, 0.25) is 0 Å². The van der Waals surface area contributed by atoms with E-state index in [9.17, 15) is 18.0 Å². The summed E-state index contributed by atoms with van der Waals surface area (Å²) in [6, 6.07) is 1.03. The molecular weight excluding hydrogens is 502 g/mol. The Kier molecular flexibility index (Phi) is 8.30. The Morgan fingerprint density at radius 2 is 2.00 bits per heavy atom. The molecule has 0 aromatic carbocycles. The SMILES string of the molecule is CS(=O)(=O)N1CCC(n2cc(C#Cc3cc(NC(N)=O)c(C(=O)N[C@H]4CCCCNC4)s3)cn2)CC1. The van der Waals surface area contributed by atoms with E-state index in [0.717, 1.165) is 25.8 Å². The highest BCUT2D eigenvalue weighted by Crippen LogP contribution is 2.27. The Hall–Kier alpha value is -2.92. The monoisotopic (exact) mass is 533 g/mol. The van der Waals surface area contributed by atoms with Crippen molar-refractivity contribution in [1.29, 1.82) is 0 Å². The number of piperidine rings is 1. The van der Waals surface area contributed by atoms with Crippen LogP contribution in [0.25, 0.3) is 0 Å². The second-order valence-electron chi connectivity index (χ2n) is 9.07. The fraction of sp³-hybridized carbons (Fsp3) is 0.522. The van der Waals surface area contributed by atoms with Crippen molar-refractivity contribution in [2.45, 2.75) is 44.2 Å². The van der Waals surface area contributed by atoms with Gasteiger partial charge < -0.3 is 21.7 Å². The van der Waals surface area contributed by atoms with Gasteiger partial charge in [0.2, 0.25) is 10.0 Å². The van der Waals surface area contributed by atoms with Crippen LogP contribution in [0, 0.1) is 11.8 Å². The maximum absolute atomic E-state index is 13.0. The Labute approximate surface area is 214 Å². The van der Waals surface area contributed by atoms with Gasteiger partial charge in [-0.15, -0.1) is 11.3 Å². The fourth-order valence-electron chi connectivity index (χ4n) is 4.41. The summed E-state index contributed by atoms with van der Waals surface area (Å²) in [5.74, 6) is 5.85. The van der Waals surface area contributed by atoms with Crippen LogP contribution in [0.5, 0.6) is 0 Å². The van der Waals surface area contributed by atoms with Crippen molar-refractivity contribution in [1.82, 2.24) is 24.7 Å². The average molecular weight is 534 g/mol. The number of rotatable bonds is 5. The van der Waals surface area contributed by atoms with Gasteiger partial charge in [0, 0.05) is 31.9 Å². The van der Waals surface area contributed by atoms with Crippen molar-refractivity contribution in [3.8, 4) is 11.8 Å². The predicted molar refractivity (Wildman–Crippen MR) is 138 cm³/mol. The summed E-state index contributed by atoms with van der Waals surface area (Å²) in [7, 11) is -3.17. The first kappa shape index (κ1) is 26.2. The van der Waals surface area contributed by atoms with Gasteiger partial charge in [0.1, 0.15) is 4.88 Å². The molecule has 2 fully saturated rings. The highest BCUT2D eigenvalue weighted by molar-refractivity contribution is 7.88. The van der Waals surface area contributed by atoms with Crippen LogP contribution < -0.4 is 21.7 Å². The van der Waals surface area contributed by atoms with Crippen LogP contribution >= 0.6 is 11.3 Å². The van der Waals surface area contributed by atoms with Crippen molar-refractivity contribution in [3.63, 3.8) is 0 Å². The van der Waals surface area contributed by atoms with Gasteiger partial charge in [-0.05, 0) is 38.3 Å². The van der Waals surface area contributed by atoms with E-state index in [4.69, 9.17) is 5.73 Å². The summed E-state index contributed by atoms with van der Waals surface area (Å²) in [5, 5.41) is 13.3. The van der Waals surface area contributed by atoms with E-state index in [2.05, 4.69) is 32.9 Å². The Morgan fingerprint density at radius 3 is 2.72 bits per heavy atom. The number of nitrogens with two attached hydrogens (primary N) is 1. The van der Waals surface area contributed by atoms with Crippen molar-refractivity contribution >= 4 is 39.0 Å². The minimum atomic E-state index is -3.17. The molecule has 36 heavy (non-hydrogen) atoms. The van der Waals surface area contributed by atoms with Gasteiger partial charge in [0.25, 0.3) is 5.91 Å². The molecule has 2 aliphatic heterocycles. The predicted octanol–water partition coefficient (Wildman–Crippen LogP) is 1.30. The first-order valence-corrected chi connectivity index (χ1v) is 14.6. The molecule has 0 radical (unpaired) electrons. The van der Waals surface area contributed by atoms with Crippen LogP contribution in [-0.4, -0.2) is 72.9 Å². The summed E-state index contributed by atoms with van der Waals surface area (Å²) >= 11 is 1.19. The molecule has 1 atom stereocenters. The normalized spacial score (nSPS) is 19.6. The zero-order valence-electron chi connectivity index (χ0n) is 20.1. The van der Waals surface area contributed by atoms with Gasteiger partial charge in [-0.25, -0.2) is 17.5 Å². The quantitative estimate of drug-likeness (QED) is 0.425. The zero-order chi connectivity index (χ0) is 25.7. The number of sulfonamides is 1. The van der Waals surface area contributed by atoms with Crippen LogP contribution in [0.15, 0.2) is 18.5 Å². The molecule has 4 rings (SSSR count). The van der Waals surface area contributed by atoms with Gasteiger partial charge in [0.05, 0.1) is 34.6 Å². The topological polar surface area (TPSA) is 151 Å². The maximum atomic E-state index is 13.0. The molecule has 0 unspecified atom stereocenters. The number of hydrogen-bond acceptors (Lipinski definition) is 7. The van der Waals surface area contributed by atoms with Gasteiger partial charge in [-0.1, -0.05) is 18.3 Å². The molecular formula is C23H31N7O4S2. The number of nitrogens with zero attached hydrogens (tertiary/aromatic N) is 3. The van der Waals surface area contributed by atoms with Crippen LogP contribution in [-0.2, 0) is 10.0 Å². The molecule has 2 aromatic heterocycles. The Morgan fingerprint density at radius 1 is 1.22 bits per heavy atom. The molecule has 2 aromatic rings.